The van der Waals surface area contributed by atoms with Crippen molar-refractivity contribution in [2.24, 2.45) is 0 Å². The van der Waals surface area contributed by atoms with Crippen molar-refractivity contribution in [3.63, 3.8) is 0 Å². The molecule has 0 atom stereocenters. The number of hydrogen-bond acceptors (Lipinski definition) is 5. The summed E-state index contributed by atoms with van der Waals surface area (Å²) in [6, 6.07) is 5.00. The summed E-state index contributed by atoms with van der Waals surface area (Å²) < 4.78 is 6.76. The number of hydrogen-bond donors (Lipinski definition) is 2. The number of benzene rings is 1. The second-order valence-corrected chi connectivity index (χ2v) is 7.81. The molecule has 0 fully saturated rings. The van der Waals surface area contributed by atoms with Crippen molar-refractivity contribution in [2.45, 2.75) is 46.5 Å². The third-order valence-electron chi connectivity index (χ3n) is 4.05. The van der Waals surface area contributed by atoms with Crippen molar-refractivity contribution in [3.05, 3.63) is 28.9 Å². The van der Waals surface area contributed by atoms with Gasteiger partial charge in [0.05, 0.1) is 11.3 Å². The molecule has 2 heterocycles. The molecule has 1 amide bonds. The van der Waals surface area contributed by atoms with Crippen LogP contribution < -0.4 is 10.1 Å². The molecule has 0 aliphatic rings. The first-order chi connectivity index (χ1) is 13.1. The highest BCUT2D eigenvalue weighted by molar-refractivity contribution is 6.34. The molecule has 0 aliphatic heterocycles. The third kappa shape index (κ3) is 3.87. The van der Waals surface area contributed by atoms with E-state index >= 15 is 0 Å². The number of anilines is 1. The first-order valence-electron chi connectivity index (χ1n) is 8.87. The second-order valence-electron chi connectivity index (χ2n) is 7.43. The number of halogens is 1. The van der Waals surface area contributed by atoms with Gasteiger partial charge in [-0.1, -0.05) is 39.3 Å². The maximum atomic E-state index is 11.6. The molecular formula is C19H22ClN5O3. The molecule has 3 rings (SSSR count). The number of H-pyrrole nitrogens is 1. The Hall–Kier alpha value is -2.87. The SMILES string of the molecule is CCC(=O)Nc1ccc(-c2nn3nc(C(C)(C)C)c(Cl)c3[nH]2)c(OC(C)=O)c1. The Balaban J connectivity index is 2.06. The number of carbonyl (C=O) groups excluding carboxylic acids is 2. The van der Waals surface area contributed by atoms with Crippen molar-refractivity contribution < 1.29 is 14.3 Å². The number of carbonyl (C=O) groups is 2. The van der Waals surface area contributed by atoms with Crippen molar-refractivity contribution in [1.29, 1.82) is 0 Å². The smallest absolute Gasteiger partial charge is 0.308 e. The normalized spacial score (nSPS) is 11.6. The zero-order chi connectivity index (χ0) is 20.6. The van der Waals surface area contributed by atoms with Gasteiger partial charge in [-0.15, -0.1) is 9.73 Å². The number of nitrogens with one attached hydrogen (secondary N) is 2. The molecule has 2 aromatic heterocycles. The van der Waals surface area contributed by atoms with E-state index in [1.54, 1.807) is 25.1 Å². The molecular weight excluding hydrogens is 382 g/mol. The van der Waals surface area contributed by atoms with Crippen LogP contribution in [0.4, 0.5) is 5.69 Å². The summed E-state index contributed by atoms with van der Waals surface area (Å²) in [5.41, 5.74) is 2.13. The van der Waals surface area contributed by atoms with Gasteiger partial charge in [0.2, 0.25) is 5.91 Å². The van der Waals surface area contributed by atoms with Crippen molar-refractivity contribution in [2.75, 3.05) is 5.32 Å². The van der Waals surface area contributed by atoms with Gasteiger partial charge in [-0.3, -0.25) is 9.59 Å². The lowest BCUT2D eigenvalue weighted by atomic mass is 9.92. The van der Waals surface area contributed by atoms with Gasteiger partial charge < -0.3 is 15.0 Å². The first-order valence-corrected chi connectivity index (χ1v) is 9.25. The Morgan fingerprint density at radius 1 is 1.29 bits per heavy atom. The Morgan fingerprint density at radius 3 is 2.57 bits per heavy atom. The molecule has 0 bridgehead atoms. The monoisotopic (exact) mass is 403 g/mol. The summed E-state index contributed by atoms with van der Waals surface area (Å²) in [4.78, 5) is 26.3. The Kier molecular flexibility index (Phi) is 5.16. The molecule has 148 valence electrons. The first kappa shape index (κ1) is 19.9. The summed E-state index contributed by atoms with van der Waals surface area (Å²) in [7, 11) is 0. The van der Waals surface area contributed by atoms with Gasteiger partial charge in [-0.05, 0) is 12.1 Å². The molecule has 9 heteroatoms. The van der Waals surface area contributed by atoms with Crippen LogP contribution >= 0.6 is 11.6 Å². The lowest BCUT2D eigenvalue weighted by Crippen LogP contribution is -2.13. The Morgan fingerprint density at radius 2 is 2.00 bits per heavy atom. The van der Waals surface area contributed by atoms with Gasteiger partial charge in [-0.25, -0.2) is 0 Å². The maximum absolute atomic E-state index is 11.6. The van der Waals surface area contributed by atoms with Gasteiger partial charge in [0.25, 0.3) is 0 Å². The predicted molar refractivity (Wildman–Crippen MR) is 107 cm³/mol. The van der Waals surface area contributed by atoms with Crippen LogP contribution in [0.3, 0.4) is 0 Å². The quantitative estimate of drug-likeness (QED) is 0.507. The molecule has 28 heavy (non-hydrogen) atoms. The van der Waals surface area contributed by atoms with Crippen molar-refractivity contribution in [3.8, 4) is 17.1 Å². The standard InChI is InChI=1S/C19H22ClN5O3/c1-6-14(27)21-11-7-8-12(13(9-11)28-10(2)26)17-22-18-15(20)16(19(3,4)5)23-25(18)24-17/h7-9H,6H2,1-5H3,(H,21,27)(H,22,24). The second kappa shape index (κ2) is 7.27. The highest BCUT2D eigenvalue weighted by Crippen LogP contribution is 2.35. The summed E-state index contributed by atoms with van der Waals surface area (Å²) in [5, 5.41) is 12.1. The fourth-order valence-electron chi connectivity index (χ4n) is 2.68. The van der Waals surface area contributed by atoms with Crippen LogP contribution in [0.5, 0.6) is 5.75 Å². The maximum Gasteiger partial charge on any atom is 0.308 e. The molecule has 0 saturated heterocycles. The molecule has 1 aromatic carbocycles. The van der Waals surface area contributed by atoms with E-state index in [-0.39, 0.29) is 17.1 Å². The van der Waals surface area contributed by atoms with E-state index in [0.29, 0.717) is 34.2 Å². The van der Waals surface area contributed by atoms with Gasteiger partial charge in [0.15, 0.2) is 11.5 Å². The number of aromatic nitrogens is 4. The molecule has 3 aromatic rings. The minimum absolute atomic E-state index is 0.139. The Labute approximate surface area is 167 Å². The van der Waals surface area contributed by atoms with Gasteiger partial charge in [-0.2, -0.15) is 5.10 Å². The lowest BCUT2D eigenvalue weighted by Gasteiger charge is -2.14. The highest BCUT2D eigenvalue weighted by Gasteiger charge is 2.25. The van der Waals surface area contributed by atoms with E-state index in [1.165, 1.54) is 11.6 Å². The van der Waals surface area contributed by atoms with E-state index < -0.39 is 5.97 Å². The number of nitrogens with zero attached hydrogens (tertiary/aromatic N) is 3. The number of rotatable bonds is 4. The van der Waals surface area contributed by atoms with Gasteiger partial charge in [0.1, 0.15) is 10.8 Å². The third-order valence-corrected chi connectivity index (χ3v) is 4.41. The molecule has 0 spiro atoms. The molecule has 8 nitrogen and oxygen atoms in total. The largest absolute Gasteiger partial charge is 0.426 e. The number of aromatic amines is 1. The van der Waals surface area contributed by atoms with Crippen LogP contribution in [0.1, 0.15) is 46.7 Å². The van der Waals surface area contributed by atoms with Crippen LogP contribution in [-0.2, 0) is 15.0 Å². The molecule has 0 aliphatic carbocycles. The van der Waals surface area contributed by atoms with E-state index in [1.807, 2.05) is 20.8 Å². The van der Waals surface area contributed by atoms with Crippen LogP contribution in [0.15, 0.2) is 18.2 Å². The van der Waals surface area contributed by atoms with E-state index in [0.717, 1.165) is 5.69 Å². The number of ether oxygens (including phenoxy) is 1. The van der Waals surface area contributed by atoms with E-state index in [9.17, 15) is 9.59 Å². The average Bonchev–Trinajstić information content (AvgIpc) is 3.14. The topological polar surface area (TPSA) is 101 Å². The fraction of sp³-hybridized carbons (Fsp3) is 0.368. The fourth-order valence-corrected chi connectivity index (χ4v) is 3.13. The summed E-state index contributed by atoms with van der Waals surface area (Å²) >= 11 is 6.48. The van der Waals surface area contributed by atoms with Crippen LogP contribution in [0, 0.1) is 0 Å². The zero-order valence-electron chi connectivity index (χ0n) is 16.4. The summed E-state index contributed by atoms with van der Waals surface area (Å²) in [5.74, 6) is 0.0872. The number of esters is 1. The minimum atomic E-state index is -0.482. The molecule has 0 unspecified atom stereocenters. The summed E-state index contributed by atoms with van der Waals surface area (Å²) in [6.07, 6.45) is 0.342. The zero-order valence-corrected chi connectivity index (χ0v) is 17.1. The van der Waals surface area contributed by atoms with E-state index in [4.69, 9.17) is 16.3 Å². The van der Waals surface area contributed by atoms with Crippen LogP contribution in [0.2, 0.25) is 5.02 Å². The number of fused-ring (bicyclic) bond motifs is 1. The molecule has 2 N–H and O–H groups in total. The van der Waals surface area contributed by atoms with Crippen molar-refractivity contribution >= 4 is 34.8 Å². The lowest BCUT2D eigenvalue weighted by molar-refractivity contribution is -0.131. The minimum Gasteiger partial charge on any atom is -0.426 e. The highest BCUT2D eigenvalue weighted by atomic mass is 35.5. The van der Waals surface area contributed by atoms with E-state index in [2.05, 4.69) is 20.5 Å². The predicted octanol–water partition coefficient (Wildman–Crippen LogP) is 3.95. The average molecular weight is 404 g/mol. The number of amides is 1. The molecule has 0 saturated carbocycles. The van der Waals surface area contributed by atoms with Crippen LogP contribution in [0.25, 0.3) is 17.0 Å². The summed E-state index contributed by atoms with van der Waals surface area (Å²) in [6.45, 7) is 9.12. The molecule has 0 radical (unpaired) electrons. The Bertz CT molecular complexity index is 1060. The van der Waals surface area contributed by atoms with Crippen LogP contribution in [-0.4, -0.2) is 31.7 Å². The van der Waals surface area contributed by atoms with Gasteiger partial charge in [0, 0.05) is 30.5 Å². The van der Waals surface area contributed by atoms with Gasteiger partial charge >= 0.3 is 5.97 Å². The van der Waals surface area contributed by atoms with Crippen molar-refractivity contribution in [1.82, 2.24) is 19.8 Å².